The van der Waals surface area contributed by atoms with E-state index in [9.17, 15) is 0 Å². The van der Waals surface area contributed by atoms with E-state index in [4.69, 9.17) is 0 Å². The molecule has 1 heteroatoms. The van der Waals surface area contributed by atoms with Gasteiger partial charge < -0.3 is 5.32 Å². The number of hydrogen-bond donors (Lipinski definition) is 1. The average Bonchev–Trinajstić information content (AvgIpc) is 2.74. The maximum Gasteiger partial charge on any atom is 0.0106 e. The van der Waals surface area contributed by atoms with Crippen LogP contribution in [0.5, 0.6) is 0 Å². The fourth-order valence-corrected chi connectivity index (χ4v) is 4.42. The van der Waals surface area contributed by atoms with Gasteiger partial charge in [0.2, 0.25) is 0 Å². The van der Waals surface area contributed by atoms with Gasteiger partial charge in [0.25, 0.3) is 0 Å². The van der Waals surface area contributed by atoms with E-state index in [1.165, 1.54) is 19.3 Å². The molecule has 13 heavy (non-hydrogen) atoms. The summed E-state index contributed by atoms with van der Waals surface area (Å²) in [5.41, 5.74) is 0. The molecule has 4 aliphatic rings. The third-order valence-electron chi connectivity index (χ3n) is 5.18. The van der Waals surface area contributed by atoms with Crippen molar-refractivity contribution in [3.05, 3.63) is 0 Å². The van der Waals surface area contributed by atoms with Crippen LogP contribution in [-0.4, -0.2) is 12.1 Å². The lowest BCUT2D eigenvalue weighted by Gasteiger charge is -2.48. The fourth-order valence-electron chi connectivity index (χ4n) is 4.42. The van der Waals surface area contributed by atoms with Crippen LogP contribution >= 0.6 is 0 Å². The van der Waals surface area contributed by atoms with Crippen molar-refractivity contribution in [2.75, 3.05) is 0 Å². The first kappa shape index (κ1) is 7.28. The highest BCUT2D eigenvalue weighted by Crippen LogP contribution is 2.61. The molecule has 0 aromatic rings. The van der Waals surface area contributed by atoms with E-state index in [1.807, 2.05) is 0 Å². The zero-order chi connectivity index (χ0) is 8.41. The molecule has 1 N–H and O–H groups in total. The average molecular weight is 177 g/mol. The summed E-state index contributed by atoms with van der Waals surface area (Å²) in [6.45, 7) is 0. The second-order valence-corrected chi connectivity index (χ2v) is 5.86. The van der Waals surface area contributed by atoms with Gasteiger partial charge in [-0.1, -0.05) is 0 Å². The van der Waals surface area contributed by atoms with Crippen LogP contribution in [0.1, 0.15) is 38.5 Å². The molecule has 4 saturated carbocycles. The van der Waals surface area contributed by atoms with Crippen molar-refractivity contribution in [3.8, 4) is 0 Å². The zero-order valence-corrected chi connectivity index (χ0v) is 8.21. The van der Waals surface area contributed by atoms with Gasteiger partial charge in [-0.15, -0.1) is 0 Å². The number of nitrogens with one attached hydrogen (secondary N) is 1. The van der Waals surface area contributed by atoms with Crippen LogP contribution < -0.4 is 5.32 Å². The van der Waals surface area contributed by atoms with E-state index in [1.54, 1.807) is 19.3 Å². The van der Waals surface area contributed by atoms with E-state index >= 15 is 0 Å². The molecule has 0 saturated heterocycles. The Morgan fingerprint density at radius 1 is 0.846 bits per heavy atom. The van der Waals surface area contributed by atoms with Gasteiger partial charge in [0, 0.05) is 12.1 Å². The summed E-state index contributed by atoms with van der Waals surface area (Å²) in [5, 5.41) is 3.85. The van der Waals surface area contributed by atoms with Gasteiger partial charge in [0.05, 0.1) is 0 Å². The second-order valence-electron chi connectivity index (χ2n) is 5.86. The Labute approximate surface area is 80.3 Å². The summed E-state index contributed by atoms with van der Waals surface area (Å²) in [4.78, 5) is 0. The molecule has 0 amide bonds. The van der Waals surface area contributed by atoms with Gasteiger partial charge >= 0.3 is 0 Å². The lowest BCUT2D eigenvalue weighted by Crippen LogP contribution is -2.53. The van der Waals surface area contributed by atoms with Gasteiger partial charge in [-0.2, -0.15) is 0 Å². The molecular formula is C12H19N. The maximum absolute atomic E-state index is 3.85. The van der Waals surface area contributed by atoms with Crippen LogP contribution in [0.4, 0.5) is 0 Å². The Balaban J connectivity index is 1.48. The third kappa shape index (κ3) is 0.918. The molecule has 0 aliphatic heterocycles. The molecule has 5 atom stereocenters. The molecule has 4 aliphatic carbocycles. The Morgan fingerprint density at radius 3 is 2.46 bits per heavy atom. The van der Waals surface area contributed by atoms with Crippen molar-refractivity contribution in [2.24, 2.45) is 23.7 Å². The normalized spacial score (nSPS) is 57.7. The Kier molecular flexibility index (Phi) is 1.29. The maximum atomic E-state index is 3.85. The molecule has 0 aromatic heterocycles. The lowest BCUT2D eigenvalue weighted by molar-refractivity contribution is 0.0487. The van der Waals surface area contributed by atoms with E-state index in [-0.39, 0.29) is 0 Å². The van der Waals surface area contributed by atoms with Crippen LogP contribution in [0.25, 0.3) is 0 Å². The number of hydrogen-bond acceptors (Lipinski definition) is 1. The van der Waals surface area contributed by atoms with E-state index in [2.05, 4.69) is 5.32 Å². The van der Waals surface area contributed by atoms with Gasteiger partial charge in [0.1, 0.15) is 0 Å². The van der Waals surface area contributed by atoms with Crippen LogP contribution in [-0.2, 0) is 0 Å². The fraction of sp³-hybridized carbons (Fsp3) is 1.00. The topological polar surface area (TPSA) is 12.0 Å². The zero-order valence-electron chi connectivity index (χ0n) is 8.21. The van der Waals surface area contributed by atoms with Crippen LogP contribution in [0, 0.1) is 23.7 Å². The van der Waals surface area contributed by atoms with Gasteiger partial charge in [-0.25, -0.2) is 0 Å². The second kappa shape index (κ2) is 2.31. The summed E-state index contributed by atoms with van der Waals surface area (Å²) < 4.78 is 0. The summed E-state index contributed by atoms with van der Waals surface area (Å²) in [5.74, 6) is 4.58. The van der Waals surface area contributed by atoms with Gasteiger partial charge in [-0.3, -0.25) is 0 Å². The molecule has 0 heterocycles. The first-order valence-corrected chi connectivity index (χ1v) is 6.18. The first-order valence-electron chi connectivity index (χ1n) is 6.18. The standard InChI is InChI=1S/C12H19N/c1-2-8-5-7(1)10-6-11(12(8)10)13-9-3-4-9/h7-13H,1-6H2/t7?,8?,10-,11-,12+/m1/s1. The predicted molar refractivity (Wildman–Crippen MR) is 52.4 cm³/mol. The highest BCUT2D eigenvalue weighted by Gasteiger charge is 2.57. The minimum atomic E-state index is 0.935. The molecule has 0 spiro atoms. The van der Waals surface area contributed by atoms with Crippen molar-refractivity contribution in [1.82, 2.24) is 5.32 Å². The van der Waals surface area contributed by atoms with E-state index in [0.29, 0.717) is 0 Å². The van der Waals surface area contributed by atoms with E-state index < -0.39 is 0 Å². The van der Waals surface area contributed by atoms with Crippen molar-refractivity contribution in [1.29, 1.82) is 0 Å². The van der Waals surface area contributed by atoms with Crippen molar-refractivity contribution >= 4 is 0 Å². The van der Waals surface area contributed by atoms with Crippen LogP contribution in [0.15, 0.2) is 0 Å². The summed E-state index contributed by atoms with van der Waals surface area (Å²) in [7, 11) is 0. The van der Waals surface area contributed by atoms with Crippen LogP contribution in [0.2, 0.25) is 0 Å². The number of rotatable bonds is 2. The third-order valence-corrected chi connectivity index (χ3v) is 5.18. The number of fused-ring (bicyclic) bond motifs is 5. The quantitative estimate of drug-likeness (QED) is 0.681. The molecular weight excluding hydrogens is 158 g/mol. The molecule has 0 aromatic carbocycles. The highest BCUT2D eigenvalue weighted by molar-refractivity contribution is 5.09. The minimum Gasteiger partial charge on any atom is -0.311 e. The molecule has 4 rings (SSSR count). The monoisotopic (exact) mass is 177 g/mol. The highest BCUT2D eigenvalue weighted by atomic mass is 15.0. The van der Waals surface area contributed by atoms with E-state index in [0.717, 1.165) is 35.8 Å². The van der Waals surface area contributed by atoms with Gasteiger partial charge in [-0.05, 0) is 62.2 Å². The van der Waals surface area contributed by atoms with Crippen molar-refractivity contribution in [3.63, 3.8) is 0 Å². The summed E-state index contributed by atoms with van der Waals surface area (Å²) in [6, 6.07) is 1.89. The lowest BCUT2D eigenvalue weighted by atomic mass is 9.62. The Bertz CT molecular complexity index is 231. The van der Waals surface area contributed by atoms with Crippen molar-refractivity contribution < 1.29 is 0 Å². The van der Waals surface area contributed by atoms with Gasteiger partial charge in [0.15, 0.2) is 0 Å². The molecule has 2 unspecified atom stereocenters. The molecule has 1 nitrogen and oxygen atoms in total. The Morgan fingerprint density at radius 2 is 1.69 bits per heavy atom. The first-order chi connectivity index (χ1) is 6.42. The smallest absolute Gasteiger partial charge is 0.0106 e. The van der Waals surface area contributed by atoms with Crippen molar-refractivity contribution in [2.45, 2.75) is 50.6 Å². The molecule has 0 radical (unpaired) electrons. The minimum absolute atomic E-state index is 0.935. The Hall–Kier alpha value is -0.0400. The largest absolute Gasteiger partial charge is 0.311 e. The summed E-state index contributed by atoms with van der Waals surface area (Å²) >= 11 is 0. The molecule has 72 valence electrons. The predicted octanol–water partition coefficient (Wildman–Crippen LogP) is 2.17. The van der Waals surface area contributed by atoms with Crippen LogP contribution in [0.3, 0.4) is 0 Å². The molecule has 2 bridgehead atoms. The SMILES string of the molecule is C1CC1N[C@@H]1C[C@@H]2C3CCC(C3)[C@@H]21. The molecule has 4 fully saturated rings. The summed E-state index contributed by atoms with van der Waals surface area (Å²) in [6.07, 6.45) is 9.18.